The Hall–Kier alpha value is -3.53. The lowest BCUT2D eigenvalue weighted by atomic mass is 9.94. The Balaban J connectivity index is 1.60. The standard InChI is InChI=1S/C26H27FN4O4/c1-35-22-7-6-15(10-17(22)27)11-19-26-24(16-4-2-3-5-18(16)30-26)25-20(29-19)13-31(14-21(25)33)23(34)12-28-8-9-32/h2-7,10,21,28,30,32-33H,8-9,11-14H2,1H3. The van der Waals surface area contributed by atoms with Gasteiger partial charge in [0.2, 0.25) is 5.91 Å². The van der Waals surface area contributed by atoms with E-state index in [2.05, 4.69) is 10.3 Å². The Bertz CT molecular complexity index is 1400. The number of aromatic amines is 1. The third kappa shape index (κ3) is 4.34. The Kier molecular flexibility index (Phi) is 6.38. The van der Waals surface area contributed by atoms with Crippen LogP contribution in [0.1, 0.15) is 28.6 Å². The number of aliphatic hydroxyl groups is 2. The van der Waals surface area contributed by atoms with Crippen LogP contribution in [0.3, 0.4) is 0 Å². The molecule has 0 saturated carbocycles. The van der Waals surface area contributed by atoms with Crippen LogP contribution in [0, 0.1) is 5.82 Å². The van der Waals surface area contributed by atoms with Gasteiger partial charge in [0.15, 0.2) is 11.6 Å². The Labute approximate surface area is 201 Å². The van der Waals surface area contributed by atoms with Crippen LogP contribution in [0.2, 0.25) is 0 Å². The minimum Gasteiger partial charge on any atom is -0.494 e. The highest BCUT2D eigenvalue weighted by Gasteiger charge is 2.31. The number of H-pyrrole nitrogens is 1. The summed E-state index contributed by atoms with van der Waals surface area (Å²) in [5.41, 5.74) is 4.49. The number of ether oxygens (including phenoxy) is 1. The van der Waals surface area contributed by atoms with Gasteiger partial charge in [-0.1, -0.05) is 24.3 Å². The predicted molar refractivity (Wildman–Crippen MR) is 130 cm³/mol. The zero-order chi connectivity index (χ0) is 24.5. The van der Waals surface area contributed by atoms with E-state index in [4.69, 9.17) is 14.8 Å². The quantitative estimate of drug-likeness (QED) is 0.304. The number of fused-ring (bicyclic) bond motifs is 5. The van der Waals surface area contributed by atoms with Crippen molar-refractivity contribution in [1.29, 1.82) is 0 Å². The number of nitrogens with zero attached hydrogens (tertiary/aromatic N) is 2. The number of halogens is 1. The van der Waals surface area contributed by atoms with Gasteiger partial charge in [-0.05, 0) is 23.8 Å². The predicted octanol–water partition coefficient (Wildman–Crippen LogP) is 2.41. The van der Waals surface area contributed by atoms with Gasteiger partial charge < -0.3 is 30.2 Å². The third-order valence-corrected chi connectivity index (χ3v) is 6.42. The van der Waals surface area contributed by atoms with Crippen LogP contribution in [-0.4, -0.2) is 64.3 Å². The first-order valence-electron chi connectivity index (χ1n) is 11.5. The summed E-state index contributed by atoms with van der Waals surface area (Å²) in [6.07, 6.45) is -0.540. The summed E-state index contributed by atoms with van der Waals surface area (Å²) in [4.78, 5) is 22.6. The first-order chi connectivity index (χ1) is 17.0. The first-order valence-corrected chi connectivity index (χ1v) is 11.5. The lowest BCUT2D eigenvalue weighted by Gasteiger charge is -2.32. The summed E-state index contributed by atoms with van der Waals surface area (Å²) in [5, 5.41) is 24.8. The van der Waals surface area contributed by atoms with E-state index in [1.807, 2.05) is 24.3 Å². The number of benzene rings is 2. The zero-order valence-electron chi connectivity index (χ0n) is 19.3. The van der Waals surface area contributed by atoms with Gasteiger partial charge in [-0.25, -0.2) is 4.39 Å². The maximum absolute atomic E-state index is 14.4. The van der Waals surface area contributed by atoms with Crippen LogP contribution in [-0.2, 0) is 17.8 Å². The summed E-state index contributed by atoms with van der Waals surface area (Å²) < 4.78 is 19.4. The van der Waals surface area contributed by atoms with E-state index in [0.29, 0.717) is 24.4 Å². The molecule has 1 amide bonds. The van der Waals surface area contributed by atoms with Gasteiger partial charge in [0, 0.05) is 34.8 Å². The van der Waals surface area contributed by atoms with Gasteiger partial charge >= 0.3 is 0 Å². The fourth-order valence-corrected chi connectivity index (χ4v) is 4.80. The molecule has 1 unspecified atom stereocenters. The van der Waals surface area contributed by atoms with E-state index in [0.717, 1.165) is 32.9 Å². The molecule has 4 aromatic rings. The van der Waals surface area contributed by atoms with Crippen LogP contribution < -0.4 is 10.1 Å². The van der Waals surface area contributed by atoms with Crippen LogP contribution in [0.5, 0.6) is 5.75 Å². The van der Waals surface area contributed by atoms with Crippen molar-refractivity contribution in [3.8, 4) is 5.75 Å². The summed E-state index contributed by atoms with van der Waals surface area (Å²) >= 11 is 0. The number of rotatable bonds is 7. The molecule has 1 atom stereocenters. The molecule has 0 spiro atoms. The highest BCUT2D eigenvalue weighted by Crippen LogP contribution is 2.38. The number of pyridine rings is 1. The second-order valence-corrected chi connectivity index (χ2v) is 8.68. The maximum atomic E-state index is 14.4. The number of aliphatic hydroxyl groups excluding tert-OH is 2. The van der Waals surface area contributed by atoms with Crippen molar-refractivity contribution in [1.82, 2.24) is 20.2 Å². The fourth-order valence-electron chi connectivity index (χ4n) is 4.80. The van der Waals surface area contributed by atoms with Gasteiger partial charge in [-0.2, -0.15) is 0 Å². The Morgan fingerprint density at radius 3 is 2.91 bits per heavy atom. The van der Waals surface area contributed by atoms with Crippen molar-refractivity contribution in [2.45, 2.75) is 19.1 Å². The topological polar surface area (TPSA) is 111 Å². The van der Waals surface area contributed by atoms with Crippen LogP contribution >= 0.6 is 0 Å². The molecule has 0 fully saturated rings. The number of β-amino-alcohol motifs (C(OH)–C–C–N with tert-alkyl or cyclic N) is 1. The summed E-state index contributed by atoms with van der Waals surface area (Å²) in [7, 11) is 1.43. The fraction of sp³-hybridized carbons (Fsp3) is 0.308. The number of hydrogen-bond acceptors (Lipinski definition) is 6. The molecule has 5 rings (SSSR count). The molecule has 2 aromatic heterocycles. The average Bonchev–Trinajstić information content (AvgIpc) is 3.24. The van der Waals surface area contributed by atoms with Gasteiger partial charge in [0.1, 0.15) is 0 Å². The van der Waals surface area contributed by atoms with E-state index in [1.165, 1.54) is 13.2 Å². The number of aromatic nitrogens is 2. The van der Waals surface area contributed by atoms with Gasteiger partial charge in [-0.3, -0.25) is 9.78 Å². The van der Waals surface area contributed by atoms with Crippen molar-refractivity contribution < 1.29 is 24.1 Å². The molecule has 0 aliphatic carbocycles. The number of carbonyl (C=O) groups excluding carboxylic acids is 1. The monoisotopic (exact) mass is 478 g/mol. The Morgan fingerprint density at radius 2 is 2.14 bits per heavy atom. The summed E-state index contributed by atoms with van der Waals surface area (Å²) in [6.45, 7) is 0.733. The molecule has 4 N–H and O–H groups in total. The number of hydrogen-bond donors (Lipinski definition) is 4. The number of methoxy groups -OCH3 is 1. The average molecular weight is 479 g/mol. The SMILES string of the molecule is COc1ccc(Cc2nc3c(c4c2[nH]c2ccccc24)C(O)CN(C(=O)CNCCO)C3)cc1F. The molecular weight excluding hydrogens is 451 g/mol. The summed E-state index contributed by atoms with van der Waals surface area (Å²) in [6, 6.07) is 12.7. The molecule has 2 aromatic carbocycles. The van der Waals surface area contributed by atoms with E-state index in [-0.39, 0.29) is 37.9 Å². The number of nitrogens with one attached hydrogen (secondary N) is 2. The van der Waals surface area contributed by atoms with Crippen LogP contribution in [0.25, 0.3) is 21.8 Å². The van der Waals surface area contributed by atoms with Crippen molar-refractivity contribution in [2.75, 3.05) is 33.4 Å². The van der Waals surface area contributed by atoms with Crippen LogP contribution in [0.4, 0.5) is 4.39 Å². The van der Waals surface area contributed by atoms with Crippen molar-refractivity contribution in [3.05, 3.63) is 70.8 Å². The van der Waals surface area contributed by atoms with Gasteiger partial charge in [0.25, 0.3) is 0 Å². The zero-order valence-corrected chi connectivity index (χ0v) is 19.3. The van der Waals surface area contributed by atoms with Crippen molar-refractivity contribution in [3.63, 3.8) is 0 Å². The molecule has 1 aliphatic heterocycles. The minimum atomic E-state index is -0.901. The van der Waals surface area contributed by atoms with E-state index >= 15 is 0 Å². The minimum absolute atomic E-state index is 0.0614. The lowest BCUT2D eigenvalue weighted by Crippen LogP contribution is -2.43. The number of para-hydroxylation sites is 1. The van der Waals surface area contributed by atoms with Crippen molar-refractivity contribution >= 4 is 27.7 Å². The molecule has 0 saturated heterocycles. The second-order valence-electron chi connectivity index (χ2n) is 8.68. The van der Waals surface area contributed by atoms with Gasteiger partial charge in [-0.15, -0.1) is 0 Å². The molecule has 9 heteroatoms. The molecule has 8 nitrogen and oxygen atoms in total. The first kappa shape index (κ1) is 23.2. The number of carbonyl (C=O) groups is 1. The third-order valence-electron chi connectivity index (χ3n) is 6.42. The van der Waals surface area contributed by atoms with E-state index in [9.17, 15) is 14.3 Å². The highest BCUT2D eigenvalue weighted by atomic mass is 19.1. The maximum Gasteiger partial charge on any atom is 0.236 e. The molecule has 35 heavy (non-hydrogen) atoms. The largest absolute Gasteiger partial charge is 0.494 e. The molecule has 3 heterocycles. The van der Waals surface area contributed by atoms with Crippen molar-refractivity contribution in [2.24, 2.45) is 0 Å². The number of amides is 1. The lowest BCUT2D eigenvalue weighted by molar-refractivity contribution is -0.133. The van der Waals surface area contributed by atoms with Crippen LogP contribution in [0.15, 0.2) is 42.5 Å². The summed E-state index contributed by atoms with van der Waals surface area (Å²) in [5.74, 6) is -0.448. The molecule has 0 bridgehead atoms. The van der Waals surface area contributed by atoms with E-state index < -0.39 is 11.9 Å². The normalized spacial score (nSPS) is 15.5. The smallest absolute Gasteiger partial charge is 0.236 e. The molecule has 182 valence electrons. The molecular formula is C26H27FN4O4. The highest BCUT2D eigenvalue weighted by molar-refractivity contribution is 6.10. The Morgan fingerprint density at radius 1 is 1.31 bits per heavy atom. The molecule has 0 radical (unpaired) electrons. The second kappa shape index (κ2) is 9.61. The molecule has 1 aliphatic rings. The van der Waals surface area contributed by atoms with E-state index in [1.54, 1.807) is 17.0 Å². The van der Waals surface area contributed by atoms with Gasteiger partial charge in [0.05, 0.1) is 56.4 Å².